The Morgan fingerprint density at radius 2 is 2.04 bits per heavy atom. The molecule has 0 aliphatic rings. The first-order valence-electron chi connectivity index (χ1n) is 8.94. The molecule has 0 saturated heterocycles. The third-order valence-electron chi connectivity index (χ3n) is 4.18. The van der Waals surface area contributed by atoms with Gasteiger partial charge in [-0.2, -0.15) is 5.10 Å². The molecule has 2 aromatic carbocycles. The van der Waals surface area contributed by atoms with E-state index in [2.05, 4.69) is 10.4 Å². The highest BCUT2D eigenvalue weighted by Gasteiger charge is 2.17. The quantitative estimate of drug-likeness (QED) is 0.657. The molecule has 7 nitrogen and oxygen atoms in total. The van der Waals surface area contributed by atoms with Crippen molar-refractivity contribution in [2.24, 2.45) is 12.8 Å². The van der Waals surface area contributed by atoms with Crippen LogP contribution < -0.4 is 20.5 Å². The first-order valence-corrected chi connectivity index (χ1v) is 8.94. The van der Waals surface area contributed by atoms with Crippen LogP contribution in [0.3, 0.4) is 0 Å². The Hall–Kier alpha value is -3.32. The number of para-hydroxylation sites is 1. The Balaban J connectivity index is 1.97. The van der Waals surface area contributed by atoms with Crippen LogP contribution in [0.1, 0.15) is 17.3 Å². The van der Waals surface area contributed by atoms with Gasteiger partial charge >= 0.3 is 0 Å². The van der Waals surface area contributed by atoms with Crippen LogP contribution in [0.5, 0.6) is 11.5 Å². The third-order valence-corrected chi connectivity index (χ3v) is 4.18. The standard InChI is InChI=1S/C21H24N4O3/c1-14(22)13-28-20-17(19-10-11-23-25(19)2)8-5-9-18(20)24-21(26)15-6-4-7-16(12-15)27-3/h4-12,14H,13,22H2,1-3H3,(H,24,26)/t14-/m0/s1. The Morgan fingerprint density at radius 1 is 1.25 bits per heavy atom. The molecule has 1 atom stereocenters. The van der Waals surface area contributed by atoms with Crippen molar-refractivity contribution in [3.63, 3.8) is 0 Å². The van der Waals surface area contributed by atoms with Gasteiger partial charge in [0.2, 0.25) is 0 Å². The number of rotatable bonds is 7. The minimum absolute atomic E-state index is 0.151. The van der Waals surface area contributed by atoms with Crippen LogP contribution in [0.15, 0.2) is 54.7 Å². The molecule has 0 radical (unpaired) electrons. The zero-order valence-electron chi connectivity index (χ0n) is 16.2. The van der Waals surface area contributed by atoms with Gasteiger partial charge in [0.05, 0.1) is 18.5 Å². The lowest BCUT2D eigenvalue weighted by Crippen LogP contribution is -2.24. The van der Waals surface area contributed by atoms with Crippen molar-refractivity contribution in [1.29, 1.82) is 0 Å². The third kappa shape index (κ3) is 4.32. The van der Waals surface area contributed by atoms with Crippen molar-refractivity contribution in [1.82, 2.24) is 9.78 Å². The number of nitrogens with two attached hydrogens (primary N) is 1. The molecule has 1 aromatic heterocycles. The minimum Gasteiger partial charge on any atom is -0.497 e. The fourth-order valence-electron chi connectivity index (χ4n) is 2.80. The number of nitrogens with one attached hydrogen (secondary N) is 1. The largest absolute Gasteiger partial charge is 0.497 e. The number of carbonyl (C=O) groups excluding carboxylic acids is 1. The molecule has 28 heavy (non-hydrogen) atoms. The highest BCUT2D eigenvalue weighted by Crippen LogP contribution is 2.36. The molecule has 3 rings (SSSR count). The van der Waals surface area contributed by atoms with Crippen molar-refractivity contribution in [2.75, 3.05) is 19.0 Å². The smallest absolute Gasteiger partial charge is 0.255 e. The summed E-state index contributed by atoms with van der Waals surface area (Å²) in [6, 6.07) is 14.3. The summed E-state index contributed by atoms with van der Waals surface area (Å²) in [5.41, 5.74) is 8.62. The monoisotopic (exact) mass is 380 g/mol. The molecular formula is C21H24N4O3. The molecule has 0 unspecified atom stereocenters. The van der Waals surface area contributed by atoms with E-state index >= 15 is 0 Å². The fraction of sp³-hybridized carbons (Fsp3) is 0.238. The maximum atomic E-state index is 12.8. The van der Waals surface area contributed by atoms with Crippen LogP contribution in [0.2, 0.25) is 0 Å². The van der Waals surface area contributed by atoms with Gasteiger partial charge in [-0.1, -0.05) is 12.1 Å². The number of carbonyl (C=O) groups is 1. The van der Waals surface area contributed by atoms with E-state index in [0.29, 0.717) is 29.4 Å². The van der Waals surface area contributed by atoms with Gasteiger partial charge in [-0.3, -0.25) is 9.48 Å². The molecule has 0 bridgehead atoms. The SMILES string of the molecule is COc1cccc(C(=O)Nc2cccc(-c3ccnn3C)c2OC[C@H](C)N)c1. The average molecular weight is 380 g/mol. The normalized spacial score (nSPS) is 11.7. The number of aromatic nitrogens is 2. The average Bonchev–Trinajstić information content (AvgIpc) is 3.12. The summed E-state index contributed by atoms with van der Waals surface area (Å²) < 4.78 is 12.9. The van der Waals surface area contributed by atoms with Gasteiger partial charge in [0, 0.05) is 30.4 Å². The van der Waals surface area contributed by atoms with Gasteiger partial charge < -0.3 is 20.5 Å². The van der Waals surface area contributed by atoms with Gasteiger partial charge in [0.25, 0.3) is 5.91 Å². The van der Waals surface area contributed by atoms with E-state index < -0.39 is 0 Å². The number of benzene rings is 2. The van der Waals surface area contributed by atoms with Crippen molar-refractivity contribution >= 4 is 11.6 Å². The zero-order valence-corrected chi connectivity index (χ0v) is 16.2. The number of aryl methyl sites for hydroxylation is 1. The van der Waals surface area contributed by atoms with Gasteiger partial charge in [0.15, 0.2) is 5.75 Å². The number of methoxy groups -OCH3 is 1. The van der Waals surface area contributed by atoms with Gasteiger partial charge in [-0.25, -0.2) is 0 Å². The van der Waals surface area contributed by atoms with Crippen LogP contribution in [0.25, 0.3) is 11.3 Å². The van der Waals surface area contributed by atoms with E-state index in [1.54, 1.807) is 48.3 Å². The molecule has 1 amide bonds. The predicted octanol–water partition coefficient (Wildman–Crippen LogP) is 3.07. The molecular weight excluding hydrogens is 356 g/mol. The summed E-state index contributed by atoms with van der Waals surface area (Å²) in [7, 11) is 3.42. The maximum absolute atomic E-state index is 12.8. The molecule has 0 aliphatic carbocycles. The van der Waals surface area contributed by atoms with Crippen LogP contribution in [0, 0.1) is 0 Å². The second-order valence-electron chi connectivity index (χ2n) is 6.50. The lowest BCUT2D eigenvalue weighted by molar-refractivity contribution is 0.102. The lowest BCUT2D eigenvalue weighted by Gasteiger charge is -2.18. The molecule has 0 fully saturated rings. The fourth-order valence-corrected chi connectivity index (χ4v) is 2.80. The number of hydrogen-bond acceptors (Lipinski definition) is 5. The molecule has 0 saturated carbocycles. The van der Waals surface area contributed by atoms with Crippen molar-refractivity contribution in [3.8, 4) is 22.8 Å². The molecule has 3 aromatic rings. The number of hydrogen-bond donors (Lipinski definition) is 2. The minimum atomic E-state index is -0.258. The predicted molar refractivity (Wildman–Crippen MR) is 109 cm³/mol. The van der Waals surface area contributed by atoms with Crippen molar-refractivity contribution in [2.45, 2.75) is 13.0 Å². The van der Waals surface area contributed by atoms with E-state index in [1.807, 2.05) is 32.2 Å². The number of nitrogens with zero attached hydrogens (tertiary/aromatic N) is 2. The van der Waals surface area contributed by atoms with E-state index in [1.165, 1.54) is 0 Å². The van der Waals surface area contributed by atoms with Gasteiger partial charge in [-0.15, -0.1) is 0 Å². The van der Waals surface area contributed by atoms with Crippen LogP contribution in [-0.4, -0.2) is 35.4 Å². The topological polar surface area (TPSA) is 91.4 Å². The van der Waals surface area contributed by atoms with E-state index in [4.69, 9.17) is 15.2 Å². The second-order valence-corrected chi connectivity index (χ2v) is 6.50. The Labute approximate surface area is 164 Å². The summed E-state index contributed by atoms with van der Waals surface area (Å²) in [6.07, 6.45) is 1.71. The molecule has 1 heterocycles. The molecule has 146 valence electrons. The number of anilines is 1. The highest BCUT2D eigenvalue weighted by atomic mass is 16.5. The summed E-state index contributed by atoms with van der Waals surface area (Å²) in [6.45, 7) is 2.18. The molecule has 0 aliphatic heterocycles. The Kier molecular flexibility index (Phi) is 5.96. The van der Waals surface area contributed by atoms with E-state index in [-0.39, 0.29) is 11.9 Å². The summed E-state index contributed by atoms with van der Waals surface area (Å²) in [5.74, 6) is 0.913. The molecule has 3 N–H and O–H groups in total. The summed E-state index contributed by atoms with van der Waals surface area (Å²) >= 11 is 0. The summed E-state index contributed by atoms with van der Waals surface area (Å²) in [4.78, 5) is 12.8. The van der Waals surface area contributed by atoms with Crippen LogP contribution >= 0.6 is 0 Å². The number of amides is 1. The lowest BCUT2D eigenvalue weighted by atomic mass is 10.1. The van der Waals surface area contributed by atoms with Crippen molar-refractivity contribution < 1.29 is 14.3 Å². The van der Waals surface area contributed by atoms with Crippen molar-refractivity contribution in [3.05, 3.63) is 60.3 Å². The van der Waals surface area contributed by atoms with Crippen LogP contribution in [0.4, 0.5) is 5.69 Å². The van der Waals surface area contributed by atoms with Gasteiger partial charge in [0.1, 0.15) is 12.4 Å². The Bertz CT molecular complexity index is 966. The van der Waals surface area contributed by atoms with E-state index in [0.717, 1.165) is 11.3 Å². The number of ether oxygens (including phenoxy) is 2. The maximum Gasteiger partial charge on any atom is 0.255 e. The highest BCUT2D eigenvalue weighted by molar-refractivity contribution is 6.05. The first kappa shape index (κ1) is 19.4. The van der Waals surface area contributed by atoms with E-state index in [9.17, 15) is 4.79 Å². The zero-order chi connectivity index (χ0) is 20.1. The van der Waals surface area contributed by atoms with Gasteiger partial charge in [-0.05, 0) is 43.3 Å². The molecule has 0 spiro atoms. The second kappa shape index (κ2) is 8.58. The first-order chi connectivity index (χ1) is 13.5. The summed E-state index contributed by atoms with van der Waals surface area (Å²) in [5, 5.41) is 7.16. The Morgan fingerprint density at radius 3 is 2.71 bits per heavy atom. The molecule has 7 heteroatoms. The van der Waals surface area contributed by atoms with Crippen LogP contribution in [-0.2, 0) is 7.05 Å².